The summed E-state index contributed by atoms with van der Waals surface area (Å²) in [5.74, 6) is 0. The van der Waals surface area contributed by atoms with E-state index in [9.17, 15) is 0 Å². The van der Waals surface area contributed by atoms with E-state index >= 15 is 0 Å². The van der Waals surface area contributed by atoms with Gasteiger partial charge < -0.3 is 4.90 Å². The lowest BCUT2D eigenvalue weighted by atomic mass is 10.2. The molecular formula is C12H13N3S. The highest BCUT2D eigenvalue weighted by atomic mass is 32.1. The molecule has 1 aliphatic rings. The van der Waals surface area contributed by atoms with Crippen molar-refractivity contribution in [3.8, 4) is 11.3 Å². The molecule has 2 aromatic heterocycles. The fourth-order valence-electron chi connectivity index (χ4n) is 1.70. The summed E-state index contributed by atoms with van der Waals surface area (Å²) in [6, 6.07) is 4.71. The van der Waals surface area contributed by atoms with Crippen LogP contribution in [0.3, 0.4) is 0 Å². The molecule has 4 heteroatoms. The third-order valence-electron chi connectivity index (χ3n) is 2.86. The Balaban J connectivity index is 1.87. The molecule has 0 aliphatic heterocycles. The summed E-state index contributed by atoms with van der Waals surface area (Å²) >= 11 is 1.72. The number of hydrogen-bond acceptors (Lipinski definition) is 4. The van der Waals surface area contributed by atoms with Crippen molar-refractivity contribution in [1.29, 1.82) is 0 Å². The number of pyridine rings is 1. The second-order valence-corrected chi connectivity index (χ2v) is 4.93. The Kier molecular flexibility index (Phi) is 2.36. The van der Waals surface area contributed by atoms with E-state index in [0.717, 1.165) is 22.4 Å². The first kappa shape index (κ1) is 9.78. The van der Waals surface area contributed by atoms with E-state index in [1.54, 1.807) is 23.7 Å². The van der Waals surface area contributed by atoms with Crippen molar-refractivity contribution in [3.05, 3.63) is 29.9 Å². The van der Waals surface area contributed by atoms with Crippen LogP contribution >= 0.6 is 11.3 Å². The summed E-state index contributed by atoms with van der Waals surface area (Å²) in [4.78, 5) is 11.0. The van der Waals surface area contributed by atoms with Gasteiger partial charge in [0.1, 0.15) is 0 Å². The molecule has 16 heavy (non-hydrogen) atoms. The van der Waals surface area contributed by atoms with Gasteiger partial charge in [0.15, 0.2) is 5.13 Å². The molecule has 0 saturated heterocycles. The summed E-state index contributed by atoms with van der Waals surface area (Å²) in [5, 5.41) is 3.23. The molecule has 1 aliphatic carbocycles. The maximum Gasteiger partial charge on any atom is 0.185 e. The van der Waals surface area contributed by atoms with Crippen molar-refractivity contribution in [1.82, 2.24) is 9.97 Å². The van der Waals surface area contributed by atoms with Crippen molar-refractivity contribution in [2.24, 2.45) is 0 Å². The van der Waals surface area contributed by atoms with Gasteiger partial charge in [0, 0.05) is 36.4 Å². The molecule has 1 saturated carbocycles. The van der Waals surface area contributed by atoms with Crippen molar-refractivity contribution < 1.29 is 0 Å². The van der Waals surface area contributed by atoms with Gasteiger partial charge in [-0.2, -0.15) is 0 Å². The second kappa shape index (κ2) is 3.87. The Bertz CT molecular complexity index is 476. The second-order valence-electron chi connectivity index (χ2n) is 4.09. The van der Waals surface area contributed by atoms with Gasteiger partial charge in [0.25, 0.3) is 0 Å². The van der Waals surface area contributed by atoms with E-state index in [0.29, 0.717) is 0 Å². The molecule has 0 unspecified atom stereocenters. The SMILES string of the molecule is CN(c1nc(-c2ccncc2)cs1)C1CC1. The Morgan fingerprint density at radius 1 is 1.31 bits per heavy atom. The average molecular weight is 231 g/mol. The summed E-state index contributed by atoms with van der Waals surface area (Å²) in [6.45, 7) is 0. The first-order valence-corrected chi connectivity index (χ1v) is 6.31. The monoisotopic (exact) mass is 231 g/mol. The van der Waals surface area contributed by atoms with Crippen LogP contribution in [-0.4, -0.2) is 23.1 Å². The molecule has 0 atom stereocenters. The Morgan fingerprint density at radius 3 is 2.75 bits per heavy atom. The highest BCUT2D eigenvalue weighted by molar-refractivity contribution is 7.14. The molecule has 0 spiro atoms. The molecule has 0 aromatic carbocycles. The van der Waals surface area contributed by atoms with Gasteiger partial charge in [-0.15, -0.1) is 11.3 Å². The molecule has 3 rings (SSSR count). The van der Waals surface area contributed by atoms with Crippen LogP contribution in [0.4, 0.5) is 5.13 Å². The Morgan fingerprint density at radius 2 is 2.06 bits per heavy atom. The van der Waals surface area contributed by atoms with Crippen molar-refractivity contribution in [2.45, 2.75) is 18.9 Å². The number of nitrogens with zero attached hydrogens (tertiary/aromatic N) is 3. The molecule has 3 nitrogen and oxygen atoms in total. The van der Waals surface area contributed by atoms with Crippen LogP contribution in [0.2, 0.25) is 0 Å². The van der Waals surface area contributed by atoms with Crippen LogP contribution in [-0.2, 0) is 0 Å². The number of anilines is 1. The van der Waals surface area contributed by atoms with E-state index in [4.69, 9.17) is 0 Å². The number of thiazole rings is 1. The van der Waals surface area contributed by atoms with Crippen molar-refractivity contribution in [2.75, 3.05) is 11.9 Å². The van der Waals surface area contributed by atoms with Gasteiger partial charge in [-0.05, 0) is 25.0 Å². The van der Waals surface area contributed by atoms with Crippen molar-refractivity contribution >= 4 is 16.5 Å². The average Bonchev–Trinajstić information content (AvgIpc) is 3.07. The van der Waals surface area contributed by atoms with E-state index in [-0.39, 0.29) is 0 Å². The van der Waals surface area contributed by atoms with Gasteiger partial charge in [0.2, 0.25) is 0 Å². The van der Waals surface area contributed by atoms with Crippen LogP contribution in [0.1, 0.15) is 12.8 Å². The van der Waals surface area contributed by atoms with Crippen LogP contribution < -0.4 is 4.90 Å². The van der Waals surface area contributed by atoms with E-state index in [1.165, 1.54) is 12.8 Å². The highest BCUT2D eigenvalue weighted by Crippen LogP contribution is 2.33. The van der Waals surface area contributed by atoms with Gasteiger partial charge in [-0.1, -0.05) is 0 Å². The number of aromatic nitrogens is 2. The van der Waals surface area contributed by atoms with Gasteiger partial charge >= 0.3 is 0 Å². The third kappa shape index (κ3) is 1.80. The first-order valence-electron chi connectivity index (χ1n) is 5.43. The minimum absolute atomic E-state index is 0.719. The smallest absolute Gasteiger partial charge is 0.185 e. The van der Waals surface area contributed by atoms with Crippen molar-refractivity contribution in [3.63, 3.8) is 0 Å². The van der Waals surface area contributed by atoms with Crippen LogP contribution in [0.15, 0.2) is 29.9 Å². The lowest BCUT2D eigenvalue weighted by molar-refractivity contribution is 0.909. The van der Waals surface area contributed by atoms with Gasteiger partial charge in [-0.3, -0.25) is 4.98 Å². The fraction of sp³-hybridized carbons (Fsp3) is 0.333. The molecule has 1 fully saturated rings. The third-order valence-corrected chi connectivity index (χ3v) is 3.80. The van der Waals surface area contributed by atoms with Crippen LogP contribution in [0.25, 0.3) is 11.3 Å². The van der Waals surface area contributed by atoms with E-state index < -0.39 is 0 Å². The fourth-order valence-corrected chi connectivity index (χ4v) is 2.57. The largest absolute Gasteiger partial charge is 0.348 e. The maximum atomic E-state index is 4.66. The Hall–Kier alpha value is -1.42. The van der Waals surface area contributed by atoms with Gasteiger partial charge in [-0.25, -0.2) is 4.98 Å². The highest BCUT2D eigenvalue weighted by Gasteiger charge is 2.27. The zero-order chi connectivity index (χ0) is 11.0. The zero-order valence-electron chi connectivity index (χ0n) is 9.13. The summed E-state index contributed by atoms with van der Waals surface area (Å²) in [7, 11) is 2.13. The number of rotatable bonds is 3. The molecule has 0 radical (unpaired) electrons. The molecule has 82 valence electrons. The summed E-state index contributed by atoms with van der Waals surface area (Å²) < 4.78 is 0. The van der Waals surface area contributed by atoms with Gasteiger partial charge in [0.05, 0.1) is 5.69 Å². The molecule has 0 amide bonds. The molecule has 0 N–H and O–H groups in total. The molecule has 2 heterocycles. The lowest BCUT2D eigenvalue weighted by Gasteiger charge is -2.13. The lowest BCUT2D eigenvalue weighted by Crippen LogP contribution is -2.18. The van der Waals surface area contributed by atoms with Crippen LogP contribution in [0, 0.1) is 0 Å². The summed E-state index contributed by atoms with van der Waals surface area (Å²) in [6.07, 6.45) is 6.22. The van der Waals surface area contributed by atoms with E-state index in [2.05, 4.69) is 27.3 Å². The van der Waals surface area contributed by atoms with E-state index in [1.807, 2.05) is 12.1 Å². The zero-order valence-corrected chi connectivity index (χ0v) is 9.94. The predicted octanol–water partition coefficient (Wildman–Crippen LogP) is 2.80. The minimum atomic E-state index is 0.719. The molecular weight excluding hydrogens is 218 g/mol. The predicted molar refractivity (Wildman–Crippen MR) is 66.8 cm³/mol. The topological polar surface area (TPSA) is 29.0 Å². The maximum absolute atomic E-state index is 4.66. The Labute approximate surface area is 98.8 Å². The number of hydrogen-bond donors (Lipinski definition) is 0. The minimum Gasteiger partial charge on any atom is -0.348 e. The molecule has 0 bridgehead atoms. The summed E-state index contributed by atoms with van der Waals surface area (Å²) in [5.41, 5.74) is 2.19. The normalized spacial score (nSPS) is 15.1. The standard InChI is InChI=1S/C12H13N3S/c1-15(10-2-3-10)12-14-11(8-16-12)9-4-6-13-7-5-9/h4-8,10H,2-3H2,1H3. The van der Waals surface area contributed by atoms with Crippen LogP contribution in [0.5, 0.6) is 0 Å². The molecule has 2 aromatic rings. The quantitative estimate of drug-likeness (QED) is 0.813. The first-order chi connectivity index (χ1) is 7.84.